The van der Waals surface area contributed by atoms with Gasteiger partial charge in [-0.3, -0.25) is 14.6 Å². The summed E-state index contributed by atoms with van der Waals surface area (Å²) in [7, 11) is 1.49. The highest BCUT2D eigenvalue weighted by molar-refractivity contribution is 6.05. The average molecular weight is 415 g/mol. The van der Waals surface area contributed by atoms with E-state index in [1.54, 1.807) is 36.5 Å². The molecule has 148 valence electrons. The van der Waals surface area contributed by atoms with Crippen LogP contribution in [0.4, 0.5) is 11.4 Å². The lowest BCUT2D eigenvalue weighted by molar-refractivity contribution is -0.118. The van der Waals surface area contributed by atoms with Crippen molar-refractivity contribution < 1.29 is 14.3 Å². The Morgan fingerprint density at radius 3 is 2.41 bits per heavy atom. The van der Waals surface area contributed by atoms with Crippen molar-refractivity contribution in [3.8, 4) is 5.75 Å². The Balaban J connectivity index is 0.00000338. The number of hydrogen-bond acceptors (Lipinski definition) is 5. The molecule has 0 spiro atoms. The first-order valence-corrected chi connectivity index (χ1v) is 7.88. The first-order chi connectivity index (χ1) is 11.9. The molecule has 7 nitrogen and oxygen atoms in total. The Hall–Kier alpha value is -2.35. The minimum absolute atomic E-state index is 0. The molecule has 0 fully saturated rings. The van der Waals surface area contributed by atoms with Gasteiger partial charge in [-0.2, -0.15) is 0 Å². The first kappa shape index (κ1) is 24.7. The monoisotopic (exact) mass is 414 g/mol. The summed E-state index contributed by atoms with van der Waals surface area (Å²) in [6, 6.07) is 7.70. The van der Waals surface area contributed by atoms with Crippen LogP contribution >= 0.6 is 24.8 Å². The number of hydrogen-bond donors (Lipinski definition) is 3. The molecule has 0 aliphatic carbocycles. The quantitative estimate of drug-likeness (QED) is 0.672. The molecule has 27 heavy (non-hydrogen) atoms. The van der Waals surface area contributed by atoms with Crippen molar-refractivity contribution in [3.05, 3.63) is 48.3 Å². The zero-order valence-corrected chi connectivity index (χ0v) is 16.9. The van der Waals surface area contributed by atoms with E-state index in [1.807, 2.05) is 13.8 Å². The van der Waals surface area contributed by atoms with Crippen LogP contribution in [0.1, 0.15) is 24.2 Å². The smallest absolute Gasteiger partial charge is 0.257 e. The molecule has 0 aliphatic heterocycles. The van der Waals surface area contributed by atoms with E-state index in [4.69, 9.17) is 10.5 Å². The second-order valence-corrected chi connectivity index (χ2v) is 5.87. The lowest BCUT2D eigenvalue weighted by Crippen LogP contribution is -2.39. The third-order valence-corrected chi connectivity index (χ3v) is 3.66. The summed E-state index contributed by atoms with van der Waals surface area (Å²) in [5.74, 6) is -0.123. The Bertz CT molecular complexity index is 758. The van der Waals surface area contributed by atoms with Crippen LogP contribution in [0.3, 0.4) is 0 Å². The number of nitrogens with zero attached hydrogens (tertiary/aromatic N) is 1. The normalized spacial score (nSPS) is 10.9. The molecular formula is C18H24Cl2N4O3. The van der Waals surface area contributed by atoms with Crippen LogP contribution in [0.15, 0.2) is 42.7 Å². The second-order valence-electron chi connectivity index (χ2n) is 5.87. The minimum atomic E-state index is -0.601. The molecule has 0 saturated carbocycles. The lowest BCUT2D eigenvalue weighted by atomic mass is 10.0. The van der Waals surface area contributed by atoms with Crippen molar-refractivity contribution in [1.29, 1.82) is 0 Å². The number of nitrogens with one attached hydrogen (secondary N) is 2. The number of amides is 2. The molecule has 1 atom stereocenters. The highest BCUT2D eigenvalue weighted by atomic mass is 35.5. The van der Waals surface area contributed by atoms with Crippen LogP contribution in [0.5, 0.6) is 5.75 Å². The lowest BCUT2D eigenvalue weighted by Gasteiger charge is -2.16. The van der Waals surface area contributed by atoms with Gasteiger partial charge in [0.05, 0.1) is 24.4 Å². The van der Waals surface area contributed by atoms with Crippen LogP contribution in [0, 0.1) is 5.92 Å². The fourth-order valence-corrected chi connectivity index (χ4v) is 2.09. The number of halogens is 2. The number of nitrogens with two attached hydrogens (primary N) is 1. The van der Waals surface area contributed by atoms with Crippen LogP contribution in [0.25, 0.3) is 0 Å². The fraction of sp³-hybridized carbons (Fsp3) is 0.278. The van der Waals surface area contributed by atoms with Gasteiger partial charge in [-0.25, -0.2) is 0 Å². The molecule has 1 unspecified atom stereocenters. The summed E-state index contributed by atoms with van der Waals surface area (Å²) in [4.78, 5) is 28.2. The molecule has 1 aromatic carbocycles. The molecule has 1 aromatic heterocycles. The maximum Gasteiger partial charge on any atom is 0.257 e. The van der Waals surface area contributed by atoms with Crippen molar-refractivity contribution in [3.63, 3.8) is 0 Å². The summed E-state index contributed by atoms with van der Waals surface area (Å²) in [6.07, 6.45) is 3.07. The molecule has 9 heteroatoms. The molecule has 0 saturated heterocycles. The van der Waals surface area contributed by atoms with Gasteiger partial charge in [-0.1, -0.05) is 13.8 Å². The van der Waals surface area contributed by atoms with Crippen LogP contribution < -0.4 is 21.1 Å². The van der Waals surface area contributed by atoms with Gasteiger partial charge >= 0.3 is 0 Å². The Labute approximate surface area is 170 Å². The maximum atomic E-state index is 12.2. The number of anilines is 2. The number of methoxy groups -OCH3 is 1. The molecular weight excluding hydrogens is 391 g/mol. The summed E-state index contributed by atoms with van der Waals surface area (Å²) in [6.45, 7) is 3.75. The van der Waals surface area contributed by atoms with E-state index >= 15 is 0 Å². The Kier molecular flexibility index (Phi) is 10.4. The first-order valence-electron chi connectivity index (χ1n) is 7.88. The summed E-state index contributed by atoms with van der Waals surface area (Å²) in [5.41, 5.74) is 7.30. The molecule has 4 N–H and O–H groups in total. The molecule has 2 aromatic rings. The molecule has 0 radical (unpaired) electrons. The van der Waals surface area contributed by atoms with Crippen LogP contribution in [-0.4, -0.2) is 29.9 Å². The predicted octanol–water partition coefficient (Wildman–Crippen LogP) is 3.11. The highest BCUT2D eigenvalue weighted by Crippen LogP contribution is 2.28. The van der Waals surface area contributed by atoms with E-state index in [0.717, 1.165) is 0 Å². The van der Waals surface area contributed by atoms with E-state index in [-0.39, 0.29) is 42.5 Å². The molecule has 2 rings (SSSR count). The summed E-state index contributed by atoms with van der Waals surface area (Å²) < 4.78 is 5.30. The molecule has 2 amide bonds. The SMILES string of the molecule is COc1cc(NC(=O)C(N)C(C)C)ccc1NC(=O)c1cccnc1.Cl.Cl. The molecule has 0 aliphatic rings. The second kappa shape index (κ2) is 11.4. The van der Waals surface area contributed by atoms with E-state index in [1.165, 1.54) is 13.3 Å². The summed E-state index contributed by atoms with van der Waals surface area (Å²) >= 11 is 0. The van der Waals surface area contributed by atoms with Gasteiger partial charge in [0, 0.05) is 24.1 Å². The van der Waals surface area contributed by atoms with E-state index in [2.05, 4.69) is 15.6 Å². The largest absolute Gasteiger partial charge is 0.494 e. The number of benzene rings is 1. The van der Waals surface area contributed by atoms with Gasteiger partial charge in [-0.05, 0) is 30.2 Å². The van der Waals surface area contributed by atoms with Crippen LogP contribution in [-0.2, 0) is 4.79 Å². The number of rotatable bonds is 6. The van der Waals surface area contributed by atoms with E-state index < -0.39 is 6.04 Å². The number of carbonyl (C=O) groups is 2. The van der Waals surface area contributed by atoms with Crippen molar-refractivity contribution in [1.82, 2.24) is 4.98 Å². The number of ether oxygens (including phenoxy) is 1. The van der Waals surface area contributed by atoms with E-state index in [9.17, 15) is 9.59 Å². The number of aromatic nitrogens is 1. The number of pyridine rings is 1. The van der Waals surface area contributed by atoms with E-state index in [0.29, 0.717) is 22.7 Å². The fourth-order valence-electron chi connectivity index (χ4n) is 2.09. The Morgan fingerprint density at radius 2 is 1.85 bits per heavy atom. The highest BCUT2D eigenvalue weighted by Gasteiger charge is 2.18. The zero-order valence-electron chi connectivity index (χ0n) is 15.3. The topological polar surface area (TPSA) is 106 Å². The van der Waals surface area contributed by atoms with Gasteiger partial charge in [0.25, 0.3) is 5.91 Å². The molecule has 0 bridgehead atoms. The van der Waals surface area contributed by atoms with Gasteiger partial charge in [-0.15, -0.1) is 24.8 Å². The van der Waals surface area contributed by atoms with Crippen molar-refractivity contribution in [2.75, 3.05) is 17.7 Å². The van der Waals surface area contributed by atoms with Gasteiger partial charge < -0.3 is 21.1 Å². The van der Waals surface area contributed by atoms with Gasteiger partial charge in [0.15, 0.2) is 0 Å². The predicted molar refractivity (Wildman–Crippen MR) is 111 cm³/mol. The third kappa shape index (κ3) is 6.71. The average Bonchev–Trinajstić information content (AvgIpc) is 2.62. The zero-order chi connectivity index (χ0) is 18.4. The van der Waals surface area contributed by atoms with Crippen molar-refractivity contribution >= 4 is 48.0 Å². The van der Waals surface area contributed by atoms with Gasteiger partial charge in [0.1, 0.15) is 5.75 Å². The van der Waals surface area contributed by atoms with Gasteiger partial charge in [0.2, 0.25) is 5.91 Å². The van der Waals surface area contributed by atoms with Crippen molar-refractivity contribution in [2.45, 2.75) is 19.9 Å². The standard InChI is InChI=1S/C18H22N4O3.2ClH/c1-11(2)16(19)18(24)21-13-6-7-14(15(9-13)25-3)22-17(23)12-5-4-8-20-10-12;;/h4-11,16H,19H2,1-3H3,(H,21,24)(H,22,23);2*1H. The third-order valence-electron chi connectivity index (χ3n) is 3.66. The van der Waals surface area contributed by atoms with Crippen molar-refractivity contribution in [2.24, 2.45) is 11.7 Å². The number of carbonyl (C=O) groups excluding carboxylic acids is 2. The summed E-state index contributed by atoms with van der Waals surface area (Å²) in [5, 5.41) is 5.50. The molecule has 1 heterocycles. The van der Waals surface area contributed by atoms with Crippen LogP contribution in [0.2, 0.25) is 0 Å². The minimum Gasteiger partial charge on any atom is -0.494 e. The Morgan fingerprint density at radius 1 is 1.15 bits per heavy atom. The maximum absolute atomic E-state index is 12.2.